The molecule has 0 saturated carbocycles. The summed E-state index contributed by atoms with van der Waals surface area (Å²) in [5.41, 5.74) is 1.45. The molecule has 2 amide bonds. The maximum absolute atomic E-state index is 13.3. The van der Waals surface area contributed by atoms with Gasteiger partial charge in [0, 0.05) is 42.6 Å². The number of aromatic amines is 1. The van der Waals surface area contributed by atoms with Crippen molar-refractivity contribution in [2.75, 3.05) is 19.6 Å². The second-order valence-corrected chi connectivity index (χ2v) is 7.96. The zero-order valence-corrected chi connectivity index (χ0v) is 17.9. The van der Waals surface area contributed by atoms with Gasteiger partial charge in [0.2, 0.25) is 5.91 Å². The lowest BCUT2D eigenvalue weighted by atomic mass is 10.1. The first kappa shape index (κ1) is 21.0. The van der Waals surface area contributed by atoms with E-state index in [9.17, 15) is 9.59 Å². The molecule has 1 aliphatic rings. The first-order chi connectivity index (χ1) is 15.0. The topological polar surface area (TPSA) is 95.1 Å². The molecule has 1 saturated heterocycles. The number of nitrogens with one attached hydrogen (secondary N) is 1. The van der Waals surface area contributed by atoms with Crippen LogP contribution >= 0.6 is 11.6 Å². The molecule has 9 heteroatoms. The molecular formula is C22H23ClN6O2. The van der Waals surface area contributed by atoms with Gasteiger partial charge in [-0.05, 0) is 43.2 Å². The van der Waals surface area contributed by atoms with Crippen LogP contribution in [-0.2, 0) is 11.2 Å². The van der Waals surface area contributed by atoms with Gasteiger partial charge < -0.3 is 9.80 Å². The maximum Gasteiger partial charge on any atom is 0.254 e. The molecule has 0 radical (unpaired) electrons. The zero-order valence-electron chi connectivity index (χ0n) is 17.2. The normalized spacial score (nSPS) is 16.8. The monoisotopic (exact) mass is 438 g/mol. The van der Waals surface area contributed by atoms with E-state index in [0.29, 0.717) is 48.3 Å². The molecule has 0 bridgehead atoms. The summed E-state index contributed by atoms with van der Waals surface area (Å²) in [4.78, 5) is 38.3. The summed E-state index contributed by atoms with van der Waals surface area (Å²) in [6.07, 6.45) is 4.14. The molecule has 160 valence electrons. The van der Waals surface area contributed by atoms with Crippen molar-refractivity contribution >= 4 is 23.4 Å². The lowest BCUT2D eigenvalue weighted by Gasteiger charge is -2.30. The average molecular weight is 439 g/mol. The Morgan fingerprint density at radius 2 is 1.87 bits per heavy atom. The zero-order chi connectivity index (χ0) is 21.8. The van der Waals surface area contributed by atoms with Crippen molar-refractivity contribution in [1.29, 1.82) is 0 Å². The minimum Gasteiger partial charge on any atom is -0.340 e. The third kappa shape index (κ3) is 4.91. The third-order valence-electron chi connectivity index (χ3n) is 5.32. The Kier molecular flexibility index (Phi) is 6.27. The Labute approximate surface area is 185 Å². The van der Waals surface area contributed by atoms with E-state index in [4.69, 9.17) is 11.6 Å². The van der Waals surface area contributed by atoms with Gasteiger partial charge in [-0.1, -0.05) is 23.7 Å². The number of aromatic nitrogens is 4. The Morgan fingerprint density at radius 3 is 2.55 bits per heavy atom. The smallest absolute Gasteiger partial charge is 0.254 e. The van der Waals surface area contributed by atoms with Crippen LogP contribution in [0.1, 0.15) is 40.0 Å². The first-order valence-corrected chi connectivity index (χ1v) is 10.5. The quantitative estimate of drug-likeness (QED) is 0.675. The second kappa shape index (κ2) is 9.26. The fourth-order valence-electron chi connectivity index (χ4n) is 3.74. The first-order valence-electron chi connectivity index (χ1n) is 10.1. The molecule has 4 rings (SSSR count). The Bertz CT molecular complexity index is 1050. The fourth-order valence-corrected chi connectivity index (χ4v) is 3.86. The number of halogens is 1. The molecule has 2 aromatic heterocycles. The molecule has 3 heterocycles. The number of carbonyl (C=O) groups excluding carboxylic acids is 2. The lowest BCUT2D eigenvalue weighted by Crippen LogP contribution is -2.41. The van der Waals surface area contributed by atoms with Gasteiger partial charge in [-0.2, -0.15) is 5.10 Å². The summed E-state index contributed by atoms with van der Waals surface area (Å²) in [5, 5.41) is 7.79. The molecule has 8 nitrogen and oxygen atoms in total. The van der Waals surface area contributed by atoms with Crippen molar-refractivity contribution in [3.8, 4) is 0 Å². The van der Waals surface area contributed by atoms with Crippen LogP contribution in [0.25, 0.3) is 0 Å². The number of carbonyl (C=O) groups is 2. The number of H-pyrrole nitrogens is 1. The summed E-state index contributed by atoms with van der Waals surface area (Å²) < 4.78 is 0. The highest BCUT2D eigenvalue weighted by atomic mass is 35.5. The van der Waals surface area contributed by atoms with Crippen LogP contribution < -0.4 is 0 Å². The standard InChI is InChI=1S/C22H23ClN6O2/c1-15-25-21(27-26-15)19-14-28(20(30)13-16-3-5-18(23)6-4-16)11-2-12-29(19)22(31)17-7-9-24-10-8-17/h3-10,19H,2,11-14H2,1H3,(H,25,26,27). The molecule has 31 heavy (non-hydrogen) atoms. The van der Waals surface area contributed by atoms with E-state index in [0.717, 1.165) is 5.56 Å². The number of hydrogen-bond donors (Lipinski definition) is 1. The van der Waals surface area contributed by atoms with Gasteiger partial charge in [0.15, 0.2) is 5.82 Å². The SMILES string of the molecule is Cc1nc(C2CN(C(=O)Cc3ccc(Cl)cc3)CCCN2C(=O)c2ccncc2)n[nH]1. The average Bonchev–Trinajstić information content (AvgIpc) is 3.09. The fraction of sp³-hybridized carbons (Fsp3) is 0.318. The van der Waals surface area contributed by atoms with E-state index in [1.807, 2.05) is 19.1 Å². The summed E-state index contributed by atoms with van der Waals surface area (Å²) in [7, 11) is 0. The summed E-state index contributed by atoms with van der Waals surface area (Å²) >= 11 is 5.95. The van der Waals surface area contributed by atoms with Crippen LogP contribution in [0.15, 0.2) is 48.8 Å². The molecular weight excluding hydrogens is 416 g/mol. The Morgan fingerprint density at radius 1 is 1.13 bits per heavy atom. The molecule has 0 aliphatic carbocycles. The van der Waals surface area contributed by atoms with Gasteiger partial charge in [-0.25, -0.2) is 4.98 Å². The minimum atomic E-state index is -0.442. The summed E-state index contributed by atoms with van der Waals surface area (Å²) in [5.74, 6) is 1.04. The van der Waals surface area contributed by atoms with E-state index >= 15 is 0 Å². The number of amides is 2. The summed E-state index contributed by atoms with van der Waals surface area (Å²) in [6, 6.07) is 10.2. The molecule has 1 aliphatic heterocycles. The highest BCUT2D eigenvalue weighted by molar-refractivity contribution is 6.30. The molecule has 1 fully saturated rings. The Balaban J connectivity index is 1.58. The highest BCUT2D eigenvalue weighted by Gasteiger charge is 2.34. The Hall–Kier alpha value is -3.26. The molecule has 1 unspecified atom stereocenters. The van der Waals surface area contributed by atoms with Crippen molar-refractivity contribution in [2.45, 2.75) is 25.8 Å². The molecule has 1 aromatic carbocycles. The predicted octanol–water partition coefficient (Wildman–Crippen LogP) is 2.82. The second-order valence-electron chi connectivity index (χ2n) is 7.53. The van der Waals surface area contributed by atoms with Crippen LogP contribution in [0.3, 0.4) is 0 Å². The molecule has 1 atom stereocenters. The van der Waals surface area contributed by atoms with Crippen molar-refractivity contribution in [2.24, 2.45) is 0 Å². The van der Waals surface area contributed by atoms with E-state index in [1.54, 1.807) is 46.5 Å². The van der Waals surface area contributed by atoms with Crippen LogP contribution in [0.5, 0.6) is 0 Å². The number of pyridine rings is 1. The number of nitrogens with zero attached hydrogens (tertiary/aromatic N) is 5. The van der Waals surface area contributed by atoms with Crippen molar-refractivity contribution < 1.29 is 9.59 Å². The van der Waals surface area contributed by atoms with Gasteiger partial charge in [-0.3, -0.25) is 19.7 Å². The van der Waals surface area contributed by atoms with Gasteiger partial charge >= 0.3 is 0 Å². The van der Waals surface area contributed by atoms with Crippen LogP contribution in [0, 0.1) is 6.92 Å². The number of rotatable bonds is 4. The maximum atomic E-state index is 13.3. The number of hydrogen-bond acceptors (Lipinski definition) is 5. The van der Waals surface area contributed by atoms with Gasteiger partial charge in [0.05, 0.1) is 6.42 Å². The lowest BCUT2D eigenvalue weighted by molar-refractivity contribution is -0.130. The van der Waals surface area contributed by atoms with Crippen molar-refractivity contribution in [3.63, 3.8) is 0 Å². The molecule has 0 spiro atoms. The summed E-state index contributed by atoms with van der Waals surface area (Å²) in [6.45, 7) is 3.21. The van der Waals surface area contributed by atoms with Gasteiger partial charge in [-0.15, -0.1) is 0 Å². The molecule has 3 aromatic rings. The van der Waals surface area contributed by atoms with Gasteiger partial charge in [0.1, 0.15) is 11.9 Å². The van der Waals surface area contributed by atoms with E-state index in [-0.39, 0.29) is 18.2 Å². The van der Waals surface area contributed by atoms with E-state index in [1.165, 1.54) is 0 Å². The van der Waals surface area contributed by atoms with Crippen LogP contribution in [0.4, 0.5) is 0 Å². The van der Waals surface area contributed by atoms with Crippen molar-refractivity contribution in [3.05, 3.63) is 76.6 Å². The van der Waals surface area contributed by atoms with Crippen molar-refractivity contribution in [1.82, 2.24) is 30.0 Å². The number of aryl methyl sites for hydroxylation is 1. The van der Waals surface area contributed by atoms with Gasteiger partial charge in [0.25, 0.3) is 5.91 Å². The van der Waals surface area contributed by atoms with E-state index < -0.39 is 6.04 Å². The van der Waals surface area contributed by atoms with Crippen LogP contribution in [0.2, 0.25) is 5.02 Å². The number of benzene rings is 1. The minimum absolute atomic E-state index is 0.00205. The highest BCUT2D eigenvalue weighted by Crippen LogP contribution is 2.25. The largest absolute Gasteiger partial charge is 0.340 e. The third-order valence-corrected chi connectivity index (χ3v) is 5.57. The molecule has 1 N–H and O–H groups in total. The van der Waals surface area contributed by atoms with Crippen LogP contribution in [-0.4, -0.2) is 61.4 Å². The van der Waals surface area contributed by atoms with E-state index in [2.05, 4.69) is 20.2 Å². The predicted molar refractivity (Wildman–Crippen MR) is 115 cm³/mol.